The molecule has 4 heteroatoms. The molecular formula is C34H56O4. The van der Waals surface area contributed by atoms with Gasteiger partial charge < -0.3 is 9.47 Å². The van der Waals surface area contributed by atoms with Crippen molar-refractivity contribution in [3.8, 4) is 0 Å². The lowest BCUT2D eigenvalue weighted by Gasteiger charge is -2.58. The van der Waals surface area contributed by atoms with Gasteiger partial charge in [-0.3, -0.25) is 9.59 Å². The second-order valence-corrected chi connectivity index (χ2v) is 14.0. The maximum atomic E-state index is 13.8. The Morgan fingerprint density at radius 1 is 0.526 bits per heavy atom. The number of Topliss-reactive ketones (excluding diaryl/α,β-unsaturated/α-hetero) is 2. The van der Waals surface area contributed by atoms with Crippen molar-refractivity contribution in [2.45, 2.75) is 154 Å². The molecule has 38 heavy (non-hydrogen) atoms. The fourth-order valence-corrected chi connectivity index (χ4v) is 9.42. The molecule has 216 valence electrons. The number of rotatable bonds is 10. The van der Waals surface area contributed by atoms with Crippen LogP contribution in [0.25, 0.3) is 0 Å². The lowest BCUT2D eigenvalue weighted by atomic mass is 9.41. The molecule has 0 atom stereocenters. The summed E-state index contributed by atoms with van der Waals surface area (Å²) in [6, 6.07) is 0. The van der Waals surface area contributed by atoms with E-state index in [9.17, 15) is 9.59 Å². The van der Waals surface area contributed by atoms with E-state index in [0.29, 0.717) is 35.6 Å². The van der Waals surface area contributed by atoms with E-state index < -0.39 is 10.8 Å². The van der Waals surface area contributed by atoms with Crippen LogP contribution in [0, 0.1) is 34.5 Å². The van der Waals surface area contributed by atoms with Crippen LogP contribution in [0.2, 0.25) is 0 Å². The minimum absolute atomic E-state index is 0.368. The highest BCUT2D eigenvalue weighted by Gasteiger charge is 2.71. The van der Waals surface area contributed by atoms with Gasteiger partial charge in [0, 0.05) is 13.2 Å². The third kappa shape index (κ3) is 5.69. The topological polar surface area (TPSA) is 52.6 Å². The molecule has 0 amide bonds. The number of unbranched alkanes of at least 4 members (excludes halogenated alkanes) is 2. The number of ether oxygens (including phenoxy) is 2. The summed E-state index contributed by atoms with van der Waals surface area (Å²) >= 11 is 0. The predicted octanol–water partition coefficient (Wildman–Crippen LogP) is 8.24. The van der Waals surface area contributed by atoms with Gasteiger partial charge in [-0.1, -0.05) is 26.7 Å². The monoisotopic (exact) mass is 528 g/mol. The number of carbonyl (C=O) groups excluding carboxylic acids is 2. The van der Waals surface area contributed by atoms with Crippen LogP contribution in [0.1, 0.15) is 142 Å². The zero-order valence-corrected chi connectivity index (χ0v) is 24.7. The Morgan fingerprint density at radius 3 is 1.16 bits per heavy atom. The molecule has 0 N–H and O–H groups in total. The van der Waals surface area contributed by atoms with Crippen molar-refractivity contribution in [2.24, 2.45) is 34.5 Å². The minimum Gasteiger partial charge on any atom is -0.378 e. The van der Waals surface area contributed by atoms with E-state index in [1.165, 1.54) is 77.0 Å². The molecule has 0 aromatic heterocycles. The maximum Gasteiger partial charge on any atom is 0.159 e. The Labute approximate surface area is 232 Å². The summed E-state index contributed by atoms with van der Waals surface area (Å²) in [6.07, 6.45) is 23.3. The van der Waals surface area contributed by atoms with Crippen molar-refractivity contribution < 1.29 is 19.1 Å². The lowest BCUT2D eigenvalue weighted by Crippen LogP contribution is -2.68. The van der Waals surface area contributed by atoms with Gasteiger partial charge in [0.25, 0.3) is 0 Å². The Bertz CT molecular complexity index is 690. The summed E-state index contributed by atoms with van der Waals surface area (Å²) in [5.74, 6) is 3.72. The quantitative estimate of drug-likeness (QED) is 0.212. The van der Waals surface area contributed by atoms with E-state index in [1.807, 2.05) is 0 Å². The SMILES string of the molecule is CCCCO[C@H]1CC[C@H](C2CCC3(CC2)C(=O)C2(CCC([C@H]4CC[C@H](OCCCC)CC4)CC2)C3=O)CC1. The van der Waals surface area contributed by atoms with Crippen LogP contribution >= 0.6 is 0 Å². The summed E-state index contributed by atoms with van der Waals surface area (Å²) in [5, 5.41) is 0. The Hall–Kier alpha value is -0.740. The highest BCUT2D eigenvalue weighted by Crippen LogP contribution is 2.62. The third-order valence-corrected chi connectivity index (χ3v) is 12.0. The van der Waals surface area contributed by atoms with Gasteiger partial charge in [0.05, 0.1) is 23.0 Å². The molecule has 0 heterocycles. The van der Waals surface area contributed by atoms with Gasteiger partial charge in [0.1, 0.15) is 0 Å². The summed E-state index contributed by atoms with van der Waals surface area (Å²) < 4.78 is 12.2. The van der Waals surface area contributed by atoms with Crippen LogP contribution < -0.4 is 0 Å². The highest BCUT2D eigenvalue weighted by atomic mass is 16.5. The van der Waals surface area contributed by atoms with Gasteiger partial charge in [-0.05, 0) is 139 Å². The van der Waals surface area contributed by atoms with Crippen LogP contribution in [-0.2, 0) is 19.1 Å². The summed E-state index contributed by atoms with van der Waals surface area (Å²) in [6.45, 7) is 6.27. The lowest BCUT2D eigenvalue weighted by molar-refractivity contribution is -0.179. The van der Waals surface area contributed by atoms with Crippen LogP contribution in [0.3, 0.4) is 0 Å². The van der Waals surface area contributed by atoms with Crippen molar-refractivity contribution in [3.05, 3.63) is 0 Å². The Kier molecular flexibility index (Phi) is 9.72. The zero-order chi connectivity index (χ0) is 26.6. The number of hydrogen-bond acceptors (Lipinski definition) is 4. The molecule has 2 spiro atoms. The van der Waals surface area contributed by atoms with Crippen molar-refractivity contribution in [1.29, 1.82) is 0 Å². The van der Waals surface area contributed by atoms with Crippen LogP contribution in [0.4, 0.5) is 0 Å². The van der Waals surface area contributed by atoms with E-state index in [2.05, 4.69) is 13.8 Å². The Balaban J connectivity index is 1.04. The molecule has 0 radical (unpaired) electrons. The van der Waals surface area contributed by atoms with Crippen LogP contribution in [-0.4, -0.2) is 37.0 Å². The molecule has 5 saturated carbocycles. The van der Waals surface area contributed by atoms with Crippen molar-refractivity contribution in [2.75, 3.05) is 13.2 Å². The van der Waals surface area contributed by atoms with E-state index in [0.717, 1.165) is 76.4 Å². The first-order valence-electron chi connectivity index (χ1n) is 16.9. The third-order valence-electron chi connectivity index (χ3n) is 12.0. The van der Waals surface area contributed by atoms with E-state index in [4.69, 9.17) is 9.47 Å². The van der Waals surface area contributed by atoms with Crippen LogP contribution in [0.15, 0.2) is 0 Å². The average Bonchev–Trinajstić information content (AvgIpc) is 2.98. The number of hydrogen-bond donors (Lipinski definition) is 0. The first kappa shape index (κ1) is 28.8. The molecule has 5 fully saturated rings. The van der Waals surface area contributed by atoms with E-state index in [-0.39, 0.29) is 0 Å². The summed E-state index contributed by atoms with van der Waals surface area (Å²) in [4.78, 5) is 27.5. The Morgan fingerprint density at radius 2 is 0.842 bits per heavy atom. The largest absolute Gasteiger partial charge is 0.378 e. The first-order chi connectivity index (χ1) is 18.5. The minimum atomic E-state index is -0.586. The molecule has 0 saturated heterocycles. The van der Waals surface area contributed by atoms with E-state index in [1.54, 1.807) is 0 Å². The normalized spacial score (nSPS) is 41.9. The van der Waals surface area contributed by atoms with Gasteiger partial charge in [-0.25, -0.2) is 0 Å². The van der Waals surface area contributed by atoms with Crippen molar-refractivity contribution in [3.63, 3.8) is 0 Å². The molecular weight excluding hydrogens is 472 g/mol. The molecule has 0 aromatic carbocycles. The second kappa shape index (κ2) is 12.8. The predicted molar refractivity (Wildman–Crippen MR) is 152 cm³/mol. The summed E-state index contributed by atoms with van der Waals surface area (Å²) in [5.41, 5.74) is -1.17. The molecule has 0 unspecified atom stereocenters. The smallest absolute Gasteiger partial charge is 0.159 e. The maximum absolute atomic E-state index is 13.8. The fourth-order valence-electron chi connectivity index (χ4n) is 9.42. The number of ketones is 2. The van der Waals surface area contributed by atoms with Crippen molar-refractivity contribution >= 4 is 11.6 Å². The molecule has 5 rings (SSSR count). The zero-order valence-electron chi connectivity index (χ0n) is 24.7. The molecule has 0 aliphatic heterocycles. The first-order valence-corrected chi connectivity index (χ1v) is 16.9. The number of carbonyl (C=O) groups is 2. The van der Waals surface area contributed by atoms with Crippen molar-refractivity contribution in [1.82, 2.24) is 0 Å². The molecule has 0 aromatic rings. The van der Waals surface area contributed by atoms with Gasteiger partial charge >= 0.3 is 0 Å². The van der Waals surface area contributed by atoms with Gasteiger partial charge in [0.2, 0.25) is 0 Å². The average molecular weight is 529 g/mol. The standard InChI is InChI=1S/C34H56O4/c1-3-5-23-37-29-11-7-25(8-12-29)27-15-19-33(20-16-27)31(35)34(32(33)36)21-17-28(18-22-34)26-9-13-30(14-10-26)38-24-6-4-2/h25-30H,3-24H2,1-2H3/t25-,26-,27?,28?,29-,30-,33?,34?. The van der Waals surface area contributed by atoms with Gasteiger partial charge in [-0.2, -0.15) is 0 Å². The molecule has 5 aliphatic carbocycles. The fraction of sp³-hybridized carbons (Fsp3) is 0.941. The molecule has 4 nitrogen and oxygen atoms in total. The van der Waals surface area contributed by atoms with Gasteiger partial charge in [-0.15, -0.1) is 0 Å². The molecule has 0 bridgehead atoms. The summed E-state index contributed by atoms with van der Waals surface area (Å²) in [7, 11) is 0. The second-order valence-electron chi connectivity index (χ2n) is 14.0. The molecule has 5 aliphatic rings. The van der Waals surface area contributed by atoms with E-state index >= 15 is 0 Å². The highest BCUT2D eigenvalue weighted by molar-refractivity contribution is 6.30. The van der Waals surface area contributed by atoms with Gasteiger partial charge in [0.15, 0.2) is 11.6 Å². The van der Waals surface area contributed by atoms with Crippen LogP contribution in [0.5, 0.6) is 0 Å².